The number of pyridine rings is 4. The number of aryl methyl sites for hydroxylation is 6. The first-order valence-corrected chi connectivity index (χ1v) is 22.9. The molecule has 6 nitrogen and oxygen atoms in total. The smallest absolute Gasteiger partial charge is 0.197 e. The maximum absolute atomic E-state index is 15.2. The first-order chi connectivity index (χ1) is 31.1. The monoisotopic (exact) mass is 864 g/mol. The molecule has 6 heteroatoms. The minimum Gasteiger partial charge on any atom is -0.307 e. The molecule has 0 N–H and O–H groups in total. The number of aromatic nitrogens is 2. The molecule has 0 unspecified atom stereocenters. The molecular weight excluding hydrogens is 813 g/mol. The van der Waals surface area contributed by atoms with E-state index >= 15 is 19.2 Å². The van der Waals surface area contributed by atoms with Gasteiger partial charge in [0, 0.05) is 43.1 Å². The second-order valence-electron chi connectivity index (χ2n) is 21.2. The summed E-state index contributed by atoms with van der Waals surface area (Å²) in [5.74, 6) is 0. The number of hydrogen-bond acceptors (Lipinski definition) is 4. The van der Waals surface area contributed by atoms with E-state index in [4.69, 9.17) is 0 Å². The summed E-state index contributed by atoms with van der Waals surface area (Å²) >= 11 is 0. The van der Waals surface area contributed by atoms with E-state index in [-0.39, 0.29) is 32.5 Å². The van der Waals surface area contributed by atoms with Crippen LogP contribution in [0.1, 0.15) is 86.1 Å². The average Bonchev–Trinajstić information content (AvgIpc) is 3.24. The maximum Gasteiger partial charge on any atom is 0.197 e. The Morgan fingerprint density at radius 2 is 0.636 bits per heavy atom. The van der Waals surface area contributed by atoms with Crippen LogP contribution in [0.25, 0.3) is 98.4 Å². The van der Waals surface area contributed by atoms with Crippen molar-refractivity contribution in [1.82, 2.24) is 8.80 Å². The molecule has 11 rings (SSSR count). The molecule has 0 fully saturated rings. The fourth-order valence-corrected chi connectivity index (χ4v) is 11.3. The highest BCUT2D eigenvalue weighted by molar-refractivity contribution is 6.14. The van der Waals surface area contributed by atoms with Crippen molar-refractivity contribution in [3.05, 3.63) is 182 Å². The Balaban J connectivity index is 1.37. The van der Waals surface area contributed by atoms with E-state index in [2.05, 4.69) is 128 Å². The molecular formula is C60H52N2O4. The number of rotatable bonds is 2. The highest BCUT2D eigenvalue weighted by Crippen LogP contribution is 2.39. The van der Waals surface area contributed by atoms with Crippen molar-refractivity contribution in [2.75, 3.05) is 0 Å². The van der Waals surface area contributed by atoms with Gasteiger partial charge < -0.3 is 8.80 Å². The van der Waals surface area contributed by atoms with Gasteiger partial charge in [-0.15, -0.1) is 0 Å². The van der Waals surface area contributed by atoms with Crippen LogP contribution in [0.15, 0.2) is 116 Å². The number of nitrogens with zero attached hydrogens (tertiary/aromatic N) is 2. The van der Waals surface area contributed by atoms with Gasteiger partial charge in [0.2, 0.25) is 0 Å². The third-order valence-electron chi connectivity index (χ3n) is 14.4. The molecule has 4 aromatic heterocycles. The quantitative estimate of drug-likeness (QED) is 0.128. The van der Waals surface area contributed by atoms with Gasteiger partial charge >= 0.3 is 0 Å². The second-order valence-corrected chi connectivity index (χ2v) is 21.2. The summed E-state index contributed by atoms with van der Waals surface area (Å²) in [6, 6.07) is 32.3. The molecule has 7 aromatic carbocycles. The fourth-order valence-electron chi connectivity index (χ4n) is 11.3. The van der Waals surface area contributed by atoms with E-state index in [9.17, 15) is 0 Å². The maximum atomic E-state index is 15.2. The van der Waals surface area contributed by atoms with E-state index in [1.54, 1.807) is 6.07 Å². The zero-order valence-electron chi connectivity index (χ0n) is 39.8. The minimum atomic E-state index is -0.372. The molecule has 0 aliphatic carbocycles. The summed E-state index contributed by atoms with van der Waals surface area (Å²) < 4.78 is 4.13. The van der Waals surface area contributed by atoms with Crippen LogP contribution in [-0.4, -0.2) is 8.80 Å². The van der Waals surface area contributed by atoms with Crippen LogP contribution in [0.2, 0.25) is 0 Å². The van der Waals surface area contributed by atoms with Crippen LogP contribution < -0.4 is 21.7 Å². The first-order valence-electron chi connectivity index (χ1n) is 22.9. The topological polar surface area (TPSA) is 77.1 Å². The zero-order valence-corrected chi connectivity index (χ0v) is 39.8. The summed E-state index contributed by atoms with van der Waals surface area (Å²) in [5, 5.41) is 3.64. The third kappa shape index (κ3) is 5.79. The van der Waals surface area contributed by atoms with Gasteiger partial charge in [-0.3, -0.25) is 19.2 Å². The summed E-state index contributed by atoms with van der Waals surface area (Å²) in [4.78, 5) is 60.5. The van der Waals surface area contributed by atoms with Crippen molar-refractivity contribution in [3.8, 4) is 22.3 Å². The fraction of sp³-hybridized carbons (Fsp3) is 0.233. The Kier molecular flexibility index (Phi) is 8.61. The highest BCUT2D eigenvalue weighted by atomic mass is 16.1. The van der Waals surface area contributed by atoms with E-state index in [1.165, 1.54) is 11.1 Å². The van der Waals surface area contributed by atoms with E-state index in [1.807, 2.05) is 54.6 Å². The molecule has 326 valence electrons. The van der Waals surface area contributed by atoms with Gasteiger partial charge in [0.05, 0.1) is 33.1 Å². The summed E-state index contributed by atoms with van der Waals surface area (Å²) in [5.41, 5.74) is 14.8. The molecule has 0 atom stereocenters. The lowest BCUT2D eigenvalue weighted by atomic mass is 9.84. The molecule has 0 spiro atoms. The summed E-state index contributed by atoms with van der Waals surface area (Å²) in [7, 11) is 0. The van der Waals surface area contributed by atoms with Crippen LogP contribution in [0.3, 0.4) is 0 Å². The van der Waals surface area contributed by atoms with Gasteiger partial charge in [0.25, 0.3) is 0 Å². The van der Waals surface area contributed by atoms with Crippen molar-refractivity contribution in [3.63, 3.8) is 0 Å². The van der Waals surface area contributed by atoms with Gasteiger partial charge in [-0.2, -0.15) is 0 Å². The van der Waals surface area contributed by atoms with Gasteiger partial charge in [-0.25, -0.2) is 0 Å². The molecule has 0 saturated heterocycles. The molecule has 0 bridgehead atoms. The summed E-state index contributed by atoms with van der Waals surface area (Å²) in [6.45, 7) is 25.1. The Morgan fingerprint density at radius 3 is 0.939 bits per heavy atom. The Labute approximate surface area is 382 Å². The van der Waals surface area contributed by atoms with Crippen molar-refractivity contribution < 1.29 is 0 Å². The van der Waals surface area contributed by atoms with Crippen LogP contribution in [0.4, 0.5) is 0 Å². The van der Waals surface area contributed by atoms with Crippen LogP contribution in [0, 0.1) is 41.5 Å². The Hall–Kier alpha value is -7.18. The average molecular weight is 865 g/mol. The largest absolute Gasteiger partial charge is 0.307 e. The van der Waals surface area contributed by atoms with E-state index in [0.717, 1.165) is 55.6 Å². The lowest BCUT2D eigenvalue weighted by molar-refractivity contribution is 0.591. The standard InChI is InChI=1S/C60H52N2O4/c1-29-17-31(3)51(32(4)18-29)35-13-15-47-39(21-35)55(63)43-23-37(59(7,8)9)25-45-53(43)61(47)49-28-50-42(27-41(49)57(45)65)58(66)46-26-38(60(10,11)12)24-44-54(46)62(50)48-16-14-36(22-40(48)56(44)64)52-33(5)19-30(2)20-34(52)6/h13-28H,1-12H3. The molecule has 66 heavy (non-hydrogen) atoms. The van der Waals surface area contributed by atoms with Gasteiger partial charge in [-0.1, -0.05) is 89.1 Å². The van der Waals surface area contributed by atoms with Crippen LogP contribution >= 0.6 is 0 Å². The van der Waals surface area contributed by atoms with Gasteiger partial charge in [0.1, 0.15) is 0 Å². The predicted molar refractivity (Wildman–Crippen MR) is 278 cm³/mol. The lowest BCUT2D eigenvalue weighted by Gasteiger charge is -2.23. The van der Waals surface area contributed by atoms with E-state index in [0.29, 0.717) is 76.2 Å². The second kappa shape index (κ2) is 13.7. The van der Waals surface area contributed by atoms with Crippen LogP contribution in [0.5, 0.6) is 0 Å². The molecule has 4 heterocycles. The molecule has 0 aliphatic rings. The third-order valence-corrected chi connectivity index (χ3v) is 14.4. The summed E-state index contributed by atoms with van der Waals surface area (Å²) in [6.07, 6.45) is 0. The number of benzene rings is 7. The predicted octanol–water partition coefficient (Wildman–Crippen LogP) is 13.2. The van der Waals surface area contributed by atoms with Gasteiger partial charge in [0.15, 0.2) is 21.7 Å². The van der Waals surface area contributed by atoms with Crippen molar-refractivity contribution in [1.29, 1.82) is 0 Å². The van der Waals surface area contributed by atoms with Crippen molar-refractivity contribution in [2.45, 2.75) is 93.9 Å². The molecule has 11 aromatic rings. The van der Waals surface area contributed by atoms with Crippen LogP contribution in [-0.2, 0) is 10.8 Å². The van der Waals surface area contributed by atoms with E-state index < -0.39 is 0 Å². The van der Waals surface area contributed by atoms with Gasteiger partial charge in [-0.05, 0) is 169 Å². The molecule has 0 saturated carbocycles. The lowest BCUT2D eigenvalue weighted by Crippen LogP contribution is -2.20. The Bertz CT molecular complexity index is 3950. The number of fused-ring (bicyclic) bond motifs is 8. The Morgan fingerprint density at radius 1 is 0.333 bits per heavy atom. The molecule has 0 amide bonds. The first kappa shape index (κ1) is 41.5. The number of hydrogen-bond donors (Lipinski definition) is 0. The van der Waals surface area contributed by atoms with Crippen molar-refractivity contribution in [2.24, 2.45) is 0 Å². The highest BCUT2D eigenvalue weighted by Gasteiger charge is 2.27. The SMILES string of the molecule is Cc1cc(C)c(-c2ccc3c(c2)c(=O)c2cc(C(C)(C)C)cc4c(=O)c5cc6c(=O)c7cc(C(C)(C)C)cc8c(=O)c9cc(-c%10c(C)cc(C)cc%10C)ccc9n(c6cc5n3c24)c87)c(C)c1. The van der Waals surface area contributed by atoms with Crippen molar-refractivity contribution >= 4 is 76.2 Å². The minimum absolute atomic E-state index is 0.135. The normalized spacial score (nSPS) is 12.8. The molecule has 0 aliphatic heterocycles. The zero-order chi connectivity index (χ0) is 46.8. The molecule has 0 radical (unpaired) electrons.